The van der Waals surface area contributed by atoms with Crippen molar-refractivity contribution in [3.05, 3.63) is 35.7 Å². The molecular weight excluding hydrogens is 282 g/mol. The fraction of sp³-hybridized carbons (Fsp3) is 0.250. The van der Waals surface area contributed by atoms with E-state index < -0.39 is 10.0 Å². The van der Waals surface area contributed by atoms with Crippen LogP contribution >= 0.6 is 0 Å². The molecule has 0 aliphatic carbocycles. The predicted molar refractivity (Wildman–Crippen MR) is 74.9 cm³/mol. The molecular formula is C12H15N3O4S. The van der Waals surface area contributed by atoms with Gasteiger partial charge in [-0.15, -0.1) is 0 Å². The van der Waals surface area contributed by atoms with Crippen LogP contribution in [0.25, 0.3) is 0 Å². The van der Waals surface area contributed by atoms with E-state index in [9.17, 15) is 8.42 Å². The predicted octanol–water partition coefficient (Wildman–Crippen LogP) is 1.52. The Morgan fingerprint density at radius 3 is 2.75 bits per heavy atom. The smallest absolute Gasteiger partial charge is 0.238 e. The van der Waals surface area contributed by atoms with E-state index in [1.54, 1.807) is 25.1 Å². The molecule has 2 rings (SSSR count). The van der Waals surface area contributed by atoms with Crippen LogP contribution in [-0.2, 0) is 15.8 Å². The first-order chi connectivity index (χ1) is 9.39. The molecule has 1 aromatic carbocycles. The summed E-state index contributed by atoms with van der Waals surface area (Å²) in [6.45, 7) is 1.69. The van der Waals surface area contributed by atoms with Gasteiger partial charge in [0.2, 0.25) is 10.0 Å². The van der Waals surface area contributed by atoms with Gasteiger partial charge in [0, 0.05) is 17.8 Å². The number of benzene rings is 1. The Bertz CT molecular complexity index is 709. The van der Waals surface area contributed by atoms with Gasteiger partial charge in [-0.25, -0.2) is 8.42 Å². The van der Waals surface area contributed by atoms with Crippen molar-refractivity contribution in [2.24, 2.45) is 0 Å². The van der Waals surface area contributed by atoms with Crippen molar-refractivity contribution < 1.29 is 17.7 Å². The van der Waals surface area contributed by atoms with Crippen LogP contribution in [0.2, 0.25) is 0 Å². The number of sulfonamides is 1. The molecule has 1 aromatic heterocycles. The van der Waals surface area contributed by atoms with Crippen molar-refractivity contribution in [1.29, 1.82) is 0 Å². The lowest BCUT2D eigenvalue weighted by atomic mass is 10.2. The van der Waals surface area contributed by atoms with Crippen LogP contribution < -0.4 is 15.2 Å². The van der Waals surface area contributed by atoms with E-state index >= 15 is 0 Å². The number of nitrogen functional groups attached to an aromatic ring is 1. The lowest BCUT2D eigenvalue weighted by Crippen LogP contribution is -2.16. The van der Waals surface area contributed by atoms with Crippen molar-refractivity contribution in [3.8, 4) is 5.75 Å². The summed E-state index contributed by atoms with van der Waals surface area (Å²) in [4.78, 5) is 0. The molecule has 20 heavy (non-hydrogen) atoms. The Balaban J connectivity index is 2.20. The molecule has 0 atom stereocenters. The number of rotatable bonds is 5. The van der Waals surface area contributed by atoms with Crippen LogP contribution in [0.3, 0.4) is 0 Å². The number of nitrogens with one attached hydrogen (secondary N) is 1. The molecule has 0 unspecified atom stereocenters. The lowest BCUT2D eigenvalue weighted by molar-refractivity contribution is 0.392. The van der Waals surface area contributed by atoms with Gasteiger partial charge in [0.05, 0.1) is 12.8 Å². The Hall–Kier alpha value is -2.22. The molecule has 0 amide bonds. The monoisotopic (exact) mass is 297 g/mol. The van der Waals surface area contributed by atoms with Crippen LogP contribution in [0.4, 0.5) is 11.4 Å². The average molecular weight is 297 g/mol. The summed E-state index contributed by atoms with van der Waals surface area (Å²) in [5.41, 5.74) is 6.76. The number of aryl methyl sites for hydroxylation is 1. The molecule has 0 spiro atoms. The van der Waals surface area contributed by atoms with E-state index in [2.05, 4.69) is 9.88 Å². The zero-order valence-electron chi connectivity index (χ0n) is 11.1. The van der Waals surface area contributed by atoms with E-state index in [1.165, 1.54) is 13.2 Å². The summed E-state index contributed by atoms with van der Waals surface area (Å²) in [5, 5.41) is 3.65. The number of anilines is 2. The maximum Gasteiger partial charge on any atom is 0.238 e. The first kappa shape index (κ1) is 14.2. The molecule has 0 saturated heterocycles. The van der Waals surface area contributed by atoms with Gasteiger partial charge in [-0.1, -0.05) is 5.16 Å². The standard InChI is InChI=1S/C12H15N3O4S/c1-8-5-10(14-19-8)7-20(16,17)15-11-4-3-9(13)6-12(11)18-2/h3-6,15H,7,13H2,1-2H3. The number of nitrogens with two attached hydrogens (primary N) is 1. The van der Waals surface area contributed by atoms with Crippen molar-refractivity contribution in [2.45, 2.75) is 12.7 Å². The van der Waals surface area contributed by atoms with Crippen molar-refractivity contribution in [1.82, 2.24) is 5.16 Å². The zero-order valence-corrected chi connectivity index (χ0v) is 11.9. The molecule has 0 saturated carbocycles. The molecule has 108 valence electrons. The highest BCUT2D eigenvalue weighted by atomic mass is 32.2. The summed E-state index contributed by atoms with van der Waals surface area (Å²) < 4.78 is 36.5. The Kier molecular flexibility index (Phi) is 3.84. The van der Waals surface area contributed by atoms with Crippen molar-refractivity contribution in [3.63, 3.8) is 0 Å². The first-order valence-electron chi connectivity index (χ1n) is 5.76. The van der Waals surface area contributed by atoms with E-state index in [4.69, 9.17) is 15.0 Å². The number of nitrogens with zero attached hydrogens (tertiary/aromatic N) is 1. The van der Waals surface area contributed by atoms with E-state index in [0.29, 0.717) is 28.6 Å². The average Bonchev–Trinajstić information content (AvgIpc) is 2.75. The van der Waals surface area contributed by atoms with Gasteiger partial charge in [0.25, 0.3) is 0 Å². The quantitative estimate of drug-likeness (QED) is 0.810. The first-order valence-corrected chi connectivity index (χ1v) is 7.41. The van der Waals surface area contributed by atoms with Crippen LogP contribution in [-0.4, -0.2) is 20.7 Å². The Morgan fingerprint density at radius 1 is 1.40 bits per heavy atom. The third kappa shape index (κ3) is 3.41. The molecule has 8 heteroatoms. The topological polar surface area (TPSA) is 107 Å². The minimum absolute atomic E-state index is 0.280. The fourth-order valence-corrected chi connectivity index (χ4v) is 2.78. The molecule has 0 aliphatic rings. The fourth-order valence-electron chi connectivity index (χ4n) is 1.68. The highest BCUT2D eigenvalue weighted by Crippen LogP contribution is 2.27. The second-order valence-electron chi connectivity index (χ2n) is 4.25. The molecule has 3 N–H and O–H groups in total. The van der Waals surface area contributed by atoms with Crippen LogP contribution in [0.1, 0.15) is 11.5 Å². The number of aromatic nitrogens is 1. The molecule has 0 radical (unpaired) electrons. The minimum Gasteiger partial charge on any atom is -0.494 e. The summed E-state index contributed by atoms with van der Waals surface area (Å²) in [6, 6.07) is 6.23. The summed E-state index contributed by atoms with van der Waals surface area (Å²) >= 11 is 0. The Morgan fingerprint density at radius 2 is 2.15 bits per heavy atom. The van der Waals surface area contributed by atoms with E-state index in [-0.39, 0.29) is 5.75 Å². The van der Waals surface area contributed by atoms with Gasteiger partial charge < -0.3 is 15.0 Å². The van der Waals surface area contributed by atoms with Gasteiger partial charge in [0.15, 0.2) is 0 Å². The SMILES string of the molecule is COc1cc(N)ccc1NS(=O)(=O)Cc1cc(C)on1. The van der Waals surface area contributed by atoms with Crippen LogP contribution in [0, 0.1) is 6.92 Å². The largest absolute Gasteiger partial charge is 0.494 e. The molecule has 0 bridgehead atoms. The highest BCUT2D eigenvalue weighted by molar-refractivity contribution is 7.91. The highest BCUT2D eigenvalue weighted by Gasteiger charge is 2.17. The Labute approximate surface area is 116 Å². The summed E-state index contributed by atoms with van der Waals surface area (Å²) in [7, 11) is -2.18. The van der Waals surface area contributed by atoms with Gasteiger partial charge in [-0.2, -0.15) is 0 Å². The number of ether oxygens (including phenoxy) is 1. The minimum atomic E-state index is -3.61. The number of hydrogen-bond acceptors (Lipinski definition) is 6. The maximum absolute atomic E-state index is 12.1. The van der Waals surface area contributed by atoms with Gasteiger partial charge in [0.1, 0.15) is 23.0 Å². The van der Waals surface area contributed by atoms with E-state index in [0.717, 1.165) is 0 Å². The molecule has 1 heterocycles. The normalized spacial score (nSPS) is 11.3. The molecule has 0 fully saturated rings. The second kappa shape index (κ2) is 5.41. The number of methoxy groups -OCH3 is 1. The van der Waals surface area contributed by atoms with Gasteiger partial charge >= 0.3 is 0 Å². The second-order valence-corrected chi connectivity index (χ2v) is 5.97. The van der Waals surface area contributed by atoms with Gasteiger partial charge in [-0.3, -0.25) is 4.72 Å². The molecule has 0 aliphatic heterocycles. The third-order valence-corrected chi connectivity index (χ3v) is 3.71. The lowest BCUT2D eigenvalue weighted by Gasteiger charge is -2.11. The van der Waals surface area contributed by atoms with Crippen molar-refractivity contribution >= 4 is 21.4 Å². The molecule has 7 nitrogen and oxygen atoms in total. The van der Waals surface area contributed by atoms with Crippen molar-refractivity contribution in [2.75, 3.05) is 17.6 Å². The summed E-state index contributed by atoms with van der Waals surface area (Å²) in [5.74, 6) is 0.628. The van der Waals surface area contributed by atoms with E-state index in [1.807, 2.05) is 0 Å². The van der Waals surface area contributed by atoms with Gasteiger partial charge in [-0.05, 0) is 19.1 Å². The third-order valence-electron chi connectivity index (χ3n) is 2.51. The van der Waals surface area contributed by atoms with Crippen LogP contribution in [0.15, 0.2) is 28.8 Å². The number of hydrogen-bond donors (Lipinski definition) is 2. The maximum atomic E-state index is 12.1. The zero-order chi connectivity index (χ0) is 14.8. The summed E-state index contributed by atoms with van der Waals surface area (Å²) in [6.07, 6.45) is 0. The van der Waals surface area contributed by atoms with Crippen LogP contribution in [0.5, 0.6) is 5.75 Å². The molecule has 2 aromatic rings.